The van der Waals surface area contributed by atoms with E-state index in [1.807, 2.05) is 14.0 Å². The molecule has 1 aliphatic heterocycles. The molecule has 3 aliphatic carbocycles. The summed E-state index contributed by atoms with van der Waals surface area (Å²) in [5.41, 5.74) is 4.96. The molecule has 1 aromatic carbocycles. The normalized spacial score (nSPS) is 25.3. The summed E-state index contributed by atoms with van der Waals surface area (Å²) in [4.78, 5) is 33.1. The SMILES string of the molecule is Cc1c(NC(=O)c2cccc(C#N)c2)cnc2c1c(C1CCN(C(=O)[C@H](C)C34CC(C3)[C@H]4C)CC1)cn2C. The van der Waals surface area contributed by atoms with Gasteiger partial charge in [0.1, 0.15) is 5.65 Å². The third kappa shape index (κ3) is 3.65. The van der Waals surface area contributed by atoms with Crippen LogP contribution in [0, 0.1) is 41.4 Å². The lowest BCUT2D eigenvalue weighted by atomic mass is 9.34. The van der Waals surface area contributed by atoms with Crippen molar-refractivity contribution >= 4 is 28.5 Å². The number of fused-ring (bicyclic) bond motifs is 1. The molecule has 7 heteroatoms. The van der Waals surface area contributed by atoms with Gasteiger partial charge in [-0.15, -0.1) is 0 Å². The van der Waals surface area contributed by atoms with Crippen molar-refractivity contribution in [3.05, 3.63) is 58.9 Å². The first-order valence-electron chi connectivity index (χ1n) is 13.8. The Morgan fingerprint density at radius 1 is 1.24 bits per heavy atom. The van der Waals surface area contributed by atoms with Gasteiger partial charge in [-0.2, -0.15) is 5.26 Å². The summed E-state index contributed by atoms with van der Waals surface area (Å²) in [6.45, 7) is 8.09. The lowest BCUT2D eigenvalue weighted by molar-refractivity contribution is -0.217. The highest BCUT2D eigenvalue weighted by Gasteiger charge is 2.66. The number of hydrogen-bond donors (Lipinski definition) is 1. The van der Waals surface area contributed by atoms with Crippen LogP contribution in [0.1, 0.15) is 72.5 Å². The van der Waals surface area contributed by atoms with Gasteiger partial charge in [0.2, 0.25) is 5.91 Å². The highest BCUT2D eigenvalue weighted by molar-refractivity contribution is 6.06. The number of nitrogens with one attached hydrogen (secondary N) is 1. The minimum Gasteiger partial charge on any atom is -0.342 e. The number of rotatable bonds is 5. The summed E-state index contributed by atoms with van der Waals surface area (Å²) in [6, 6.07) is 8.77. The van der Waals surface area contributed by atoms with Crippen LogP contribution in [-0.4, -0.2) is 39.4 Å². The quantitative estimate of drug-likeness (QED) is 0.499. The van der Waals surface area contributed by atoms with E-state index in [4.69, 9.17) is 0 Å². The van der Waals surface area contributed by atoms with Crippen LogP contribution in [0.15, 0.2) is 36.7 Å². The monoisotopic (exact) mass is 509 g/mol. The van der Waals surface area contributed by atoms with E-state index in [2.05, 4.69) is 45.9 Å². The maximum atomic E-state index is 13.4. The molecule has 2 aromatic heterocycles. The molecule has 3 saturated carbocycles. The van der Waals surface area contributed by atoms with Crippen molar-refractivity contribution in [3.8, 4) is 6.07 Å². The molecule has 0 radical (unpaired) electrons. The first kappa shape index (κ1) is 24.7. The maximum absolute atomic E-state index is 13.4. The summed E-state index contributed by atoms with van der Waals surface area (Å²) in [6.07, 6.45) is 8.22. The molecule has 1 saturated heterocycles. The van der Waals surface area contributed by atoms with Crippen LogP contribution < -0.4 is 5.32 Å². The Morgan fingerprint density at radius 3 is 2.61 bits per heavy atom. The number of nitrogens with zero attached hydrogens (tertiary/aromatic N) is 4. The van der Waals surface area contributed by atoms with Gasteiger partial charge in [-0.3, -0.25) is 9.59 Å². The molecule has 7 rings (SSSR count). The number of anilines is 1. The number of amides is 2. The topological polar surface area (TPSA) is 91.0 Å². The highest BCUT2D eigenvalue weighted by Crippen LogP contribution is 2.72. The first-order valence-corrected chi connectivity index (χ1v) is 13.8. The predicted octanol–water partition coefficient (Wildman–Crippen LogP) is 5.39. The fourth-order valence-corrected chi connectivity index (χ4v) is 7.37. The Hall–Kier alpha value is -3.66. The third-order valence-corrected chi connectivity index (χ3v) is 10.2. The predicted molar refractivity (Wildman–Crippen MR) is 147 cm³/mol. The van der Waals surface area contributed by atoms with Crippen LogP contribution in [0.2, 0.25) is 0 Å². The van der Waals surface area contributed by atoms with Crippen LogP contribution in [0.5, 0.6) is 0 Å². The van der Waals surface area contributed by atoms with Crippen molar-refractivity contribution in [1.82, 2.24) is 14.5 Å². The van der Waals surface area contributed by atoms with Crippen LogP contribution >= 0.6 is 0 Å². The van der Waals surface area contributed by atoms with Gasteiger partial charge in [0.15, 0.2) is 0 Å². The number of piperidine rings is 1. The highest BCUT2D eigenvalue weighted by atomic mass is 16.2. The standard InChI is InChI=1S/C31H35N5O2/c1-18-26(34-29(37)23-7-5-6-21(12-23)15-32)16-33-28-27(18)25(17-35(28)4)22-8-10-36(11-9-22)30(38)20(3)31-13-24(14-31)19(31)2/h5-7,12,16-17,19-20,22,24H,8-11,13-14H2,1-4H3,(H,34,37)/t19-,20+,24?,31?/m1/s1. The zero-order valence-corrected chi connectivity index (χ0v) is 22.6. The largest absolute Gasteiger partial charge is 0.342 e. The van der Waals surface area contributed by atoms with Gasteiger partial charge >= 0.3 is 0 Å². The van der Waals surface area contributed by atoms with Crippen LogP contribution in [0.4, 0.5) is 5.69 Å². The summed E-state index contributed by atoms with van der Waals surface area (Å²) in [5, 5.41) is 13.3. The van der Waals surface area contributed by atoms with E-state index in [1.54, 1.807) is 30.5 Å². The van der Waals surface area contributed by atoms with Gasteiger partial charge in [0.25, 0.3) is 5.91 Å². The molecule has 4 aliphatic rings. The second kappa shape index (κ2) is 8.97. The zero-order valence-electron chi connectivity index (χ0n) is 22.6. The Labute approximate surface area is 223 Å². The van der Waals surface area contributed by atoms with E-state index in [9.17, 15) is 14.9 Å². The third-order valence-electron chi connectivity index (χ3n) is 10.2. The molecule has 2 atom stereocenters. The van der Waals surface area contributed by atoms with Gasteiger partial charge in [-0.25, -0.2) is 4.98 Å². The number of pyridine rings is 1. The number of carbonyl (C=O) groups is 2. The maximum Gasteiger partial charge on any atom is 0.255 e. The molecule has 0 spiro atoms. The smallest absolute Gasteiger partial charge is 0.255 e. The van der Waals surface area contributed by atoms with E-state index < -0.39 is 0 Å². The van der Waals surface area contributed by atoms with Gasteiger partial charge in [-0.05, 0) is 85.1 Å². The van der Waals surface area contributed by atoms with Gasteiger partial charge in [0, 0.05) is 43.2 Å². The number of aromatic nitrogens is 2. The average Bonchev–Trinajstić information content (AvgIpc) is 3.25. The van der Waals surface area contributed by atoms with Crippen molar-refractivity contribution in [2.24, 2.45) is 30.2 Å². The molecule has 1 N–H and O–H groups in total. The summed E-state index contributed by atoms with van der Waals surface area (Å²) < 4.78 is 2.06. The molecule has 7 nitrogen and oxygen atoms in total. The summed E-state index contributed by atoms with van der Waals surface area (Å²) in [7, 11) is 2.01. The first-order chi connectivity index (χ1) is 18.2. The average molecular weight is 510 g/mol. The minimum atomic E-state index is -0.261. The summed E-state index contributed by atoms with van der Waals surface area (Å²) >= 11 is 0. The Kier molecular flexibility index (Phi) is 5.82. The molecule has 4 fully saturated rings. The number of benzene rings is 1. The minimum absolute atomic E-state index is 0.128. The number of hydrogen-bond acceptors (Lipinski definition) is 4. The number of carbonyl (C=O) groups excluding carboxylic acids is 2. The Balaban J connectivity index is 1.20. The molecule has 2 amide bonds. The van der Waals surface area contributed by atoms with Gasteiger partial charge < -0.3 is 14.8 Å². The second-order valence-electron chi connectivity index (χ2n) is 11.8. The molecule has 3 aromatic rings. The molecule has 38 heavy (non-hydrogen) atoms. The Bertz CT molecular complexity index is 1480. The number of aryl methyl sites for hydroxylation is 2. The lowest BCUT2D eigenvalue weighted by Crippen LogP contribution is -2.65. The van der Waals surface area contributed by atoms with E-state index in [1.165, 1.54) is 18.4 Å². The summed E-state index contributed by atoms with van der Waals surface area (Å²) in [5.74, 6) is 2.11. The lowest BCUT2D eigenvalue weighted by Gasteiger charge is -2.70. The molecule has 3 heterocycles. The number of likely N-dealkylation sites (tertiary alicyclic amines) is 1. The van der Waals surface area contributed by atoms with Crippen molar-refractivity contribution in [1.29, 1.82) is 5.26 Å². The van der Waals surface area contributed by atoms with Crippen LogP contribution in [0.3, 0.4) is 0 Å². The van der Waals surface area contributed by atoms with Crippen LogP contribution in [-0.2, 0) is 11.8 Å². The number of nitriles is 1. The fraction of sp³-hybridized carbons (Fsp3) is 0.484. The van der Waals surface area contributed by atoms with Crippen molar-refractivity contribution in [2.45, 2.75) is 52.4 Å². The van der Waals surface area contributed by atoms with Gasteiger partial charge in [0.05, 0.1) is 23.5 Å². The van der Waals surface area contributed by atoms with E-state index in [-0.39, 0.29) is 17.2 Å². The van der Waals surface area contributed by atoms with E-state index in [0.29, 0.717) is 34.6 Å². The fourth-order valence-electron chi connectivity index (χ4n) is 7.37. The van der Waals surface area contributed by atoms with Gasteiger partial charge in [-0.1, -0.05) is 19.9 Å². The Morgan fingerprint density at radius 2 is 1.97 bits per heavy atom. The van der Waals surface area contributed by atoms with Crippen molar-refractivity contribution in [2.75, 3.05) is 18.4 Å². The second-order valence-corrected chi connectivity index (χ2v) is 11.8. The van der Waals surface area contributed by atoms with Crippen molar-refractivity contribution in [3.63, 3.8) is 0 Å². The molecule has 0 unspecified atom stereocenters. The van der Waals surface area contributed by atoms with Crippen molar-refractivity contribution < 1.29 is 9.59 Å². The molecule has 2 bridgehead atoms. The van der Waals surface area contributed by atoms with Crippen LogP contribution in [0.25, 0.3) is 11.0 Å². The van der Waals surface area contributed by atoms with E-state index >= 15 is 0 Å². The van der Waals surface area contributed by atoms with E-state index in [0.717, 1.165) is 48.4 Å². The molecule has 196 valence electrons. The molecular formula is C31H35N5O2. The molecular weight excluding hydrogens is 474 g/mol. The zero-order chi connectivity index (χ0) is 26.8.